The van der Waals surface area contributed by atoms with E-state index in [0.717, 1.165) is 17.2 Å². The van der Waals surface area contributed by atoms with Crippen LogP contribution in [0.3, 0.4) is 0 Å². The first-order valence-corrected chi connectivity index (χ1v) is 10.6. The van der Waals surface area contributed by atoms with Crippen LogP contribution in [0.5, 0.6) is 0 Å². The molecule has 2 aromatic heterocycles. The summed E-state index contributed by atoms with van der Waals surface area (Å²) in [6.45, 7) is -0.0215. The van der Waals surface area contributed by atoms with Crippen molar-refractivity contribution in [2.45, 2.75) is 12.7 Å². The lowest BCUT2D eigenvalue weighted by Crippen LogP contribution is -2.08. The van der Waals surface area contributed by atoms with Crippen LogP contribution in [0.4, 0.5) is 13.2 Å². The third-order valence-electron chi connectivity index (χ3n) is 5.74. The number of aromatic nitrogens is 5. The molecule has 174 valence electrons. The zero-order valence-electron chi connectivity index (χ0n) is 18.4. The Morgan fingerprint density at radius 1 is 1.06 bits per heavy atom. The van der Waals surface area contributed by atoms with Gasteiger partial charge in [-0.3, -0.25) is 0 Å². The number of nitrogens with one attached hydrogen (secondary N) is 1. The summed E-state index contributed by atoms with van der Waals surface area (Å²) >= 11 is 0. The highest BCUT2D eigenvalue weighted by Crippen LogP contribution is 2.37. The molecule has 3 N–H and O–H groups in total. The van der Waals surface area contributed by atoms with Gasteiger partial charge in [0, 0.05) is 24.7 Å². The van der Waals surface area contributed by atoms with Crippen LogP contribution in [0, 0.1) is 11.3 Å². The van der Waals surface area contributed by atoms with Crippen LogP contribution in [0.15, 0.2) is 60.9 Å². The van der Waals surface area contributed by atoms with Crippen molar-refractivity contribution in [2.24, 2.45) is 12.8 Å². The number of halogens is 3. The van der Waals surface area contributed by atoms with Crippen LogP contribution in [0.25, 0.3) is 44.9 Å². The summed E-state index contributed by atoms with van der Waals surface area (Å²) in [5, 5.41) is 17.5. The number of aryl methyl sites for hydroxylation is 1. The normalized spacial score (nSPS) is 11.7. The summed E-state index contributed by atoms with van der Waals surface area (Å²) < 4.78 is 42.8. The summed E-state index contributed by atoms with van der Waals surface area (Å²) in [6, 6.07) is 17.3. The molecule has 0 atom stereocenters. The molecule has 0 radical (unpaired) electrons. The molecule has 5 aromatic rings. The van der Waals surface area contributed by atoms with E-state index < -0.39 is 11.7 Å². The summed E-state index contributed by atoms with van der Waals surface area (Å²) in [5.74, 6) is 0.880. The minimum absolute atomic E-state index is 0.0215. The molecule has 7 nitrogen and oxygen atoms in total. The molecule has 0 unspecified atom stereocenters. The van der Waals surface area contributed by atoms with Crippen LogP contribution >= 0.6 is 0 Å². The molecule has 0 spiro atoms. The van der Waals surface area contributed by atoms with E-state index in [2.05, 4.69) is 26.2 Å². The minimum Gasteiger partial charge on any atom is -0.338 e. The molecule has 2 heterocycles. The highest BCUT2D eigenvalue weighted by Gasteiger charge is 2.34. The van der Waals surface area contributed by atoms with Crippen LogP contribution in [0.2, 0.25) is 0 Å². The van der Waals surface area contributed by atoms with Crippen molar-refractivity contribution in [3.8, 4) is 40.0 Å². The summed E-state index contributed by atoms with van der Waals surface area (Å²) in [5.41, 5.74) is 8.60. The fourth-order valence-corrected chi connectivity index (χ4v) is 4.06. The quantitative estimate of drug-likeness (QED) is 0.380. The second-order valence-corrected chi connectivity index (χ2v) is 8.05. The second kappa shape index (κ2) is 8.38. The van der Waals surface area contributed by atoms with Gasteiger partial charge in [-0.05, 0) is 47.0 Å². The standard InChI is InChI=1S/C25H18F3N7/c1-35-13-31-34-24(35)19-7-14(11-29)5-6-18(19)16-3-2-4-17(10-16)23-32-21-9-15(12-30)8-20(22(21)33-23)25(26,27)28/h2-10,13H,12,30H2,1H3,(H,32,33). The monoisotopic (exact) mass is 473 g/mol. The molecule has 5 rings (SSSR count). The Morgan fingerprint density at radius 3 is 2.54 bits per heavy atom. The molecule has 3 aromatic carbocycles. The van der Waals surface area contributed by atoms with Gasteiger partial charge in [0.2, 0.25) is 0 Å². The van der Waals surface area contributed by atoms with E-state index in [-0.39, 0.29) is 17.6 Å². The molecule has 0 saturated carbocycles. The molecule has 35 heavy (non-hydrogen) atoms. The maximum Gasteiger partial charge on any atom is 0.418 e. The number of fused-ring (bicyclic) bond motifs is 1. The van der Waals surface area contributed by atoms with Gasteiger partial charge < -0.3 is 15.3 Å². The van der Waals surface area contributed by atoms with Crippen molar-refractivity contribution in [2.75, 3.05) is 0 Å². The lowest BCUT2D eigenvalue weighted by atomic mass is 9.96. The second-order valence-electron chi connectivity index (χ2n) is 8.05. The van der Waals surface area contributed by atoms with Crippen molar-refractivity contribution < 1.29 is 13.2 Å². The number of nitrogens with zero attached hydrogens (tertiary/aromatic N) is 5. The maximum absolute atomic E-state index is 13.7. The van der Waals surface area contributed by atoms with Gasteiger partial charge in [0.15, 0.2) is 5.82 Å². The van der Waals surface area contributed by atoms with Gasteiger partial charge in [0.25, 0.3) is 0 Å². The van der Waals surface area contributed by atoms with Gasteiger partial charge >= 0.3 is 6.18 Å². The van der Waals surface area contributed by atoms with Crippen LogP contribution < -0.4 is 5.73 Å². The molecule has 10 heteroatoms. The molecule has 0 fully saturated rings. The smallest absolute Gasteiger partial charge is 0.338 e. The van der Waals surface area contributed by atoms with Gasteiger partial charge in [0.1, 0.15) is 17.7 Å². The van der Waals surface area contributed by atoms with Crippen molar-refractivity contribution in [1.29, 1.82) is 5.26 Å². The van der Waals surface area contributed by atoms with Gasteiger partial charge in [-0.15, -0.1) is 10.2 Å². The predicted molar refractivity (Wildman–Crippen MR) is 125 cm³/mol. The Labute approximate surface area is 197 Å². The van der Waals surface area contributed by atoms with E-state index in [4.69, 9.17) is 5.73 Å². The zero-order chi connectivity index (χ0) is 24.7. The van der Waals surface area contributed by atoms with Crippen molar-refractivity contribution in [3.05, 3.63) is 77.6 Å². The van der Waals surface area contributed by atoms with Gasteiger partial charge in [-0.2, -0.15) is 18.4 Å². The Balaban J connectivity index is 1.66. The van der Waals surface area contributed by atoms with Gasteiger partial charge in [0.05, 0.1) is 22.7 Å². The predicted octanol–water partition coefficient (Wildman–Crippen LogP) is 5.04. The first-order chi connectivity index (χ1) is 16.8. The van der Waals surface area contributed by atoms with E-state index in [1.165, 1.54) is 0 Å². The Kier molecular flexibility index (Phi) is 5.34. The minimum atomic E-state index is -4.56. The van der Waals surface area contributed by atoms with Crippen LogP contribution in [-0.4, -0.2) is 24.7 Å². The van der Waals surface area contributed by atoms with Crippen LogP contribution in [0.1, 0.15) is 16.7 Å². The topological polar surface area (TPSA) is 109 Å². The average molecular weight is 473 g/mol. The largest absolute Gasteiger partial charge is 0.418 e. The molecule has 0 saturated heterocycles. The Hall–Kier alpha value is -4.49. The molecule has 0 amide bonds. The number of aromatic amines is 1. The van der Waals surface area contributed by atoms with Gasteiger partial charge in [-0.25, -0.2) is 4.98 Å². The number of imidazole rings is 1. The Morgan fingerprint density at radius 2 is 1.86 bits per heavy atom. The van der Waals surface area contributed by atoms with E-state index in [1.807, 2.05) is 18.2 Å². The van der Waals surface area contributed by atoms with E-state index in [0.29, 0.717) is 33.9 Å². The first kappa shape index (κ1) is 22.3. The third-order valence-corrected chi connectivity index (χ3v) is 5.74. The van der Waals surface area contributed by atoms with Crippen molar-refractivity contribution >= 4 is 11.0 Å². The molecule has 0 aliphatic rings. The number of nitriles is 1. The molecular formula is C25H18F3N7. The average Bonchev–Trinajstić information content (AvgIpc) is 3.48. The zero-order valence-corrected chi connectivity index (χ0v) is 18.4. The molecule has 0 aliphatic heterocycles. The van der Waals surface area contributed by atoms with E-state index in [1.54, 1.807) is 48.3 Å². The van der Waals surface area contributed by atoms with E-state index >= 15 is 0 Å². The fourth-order valence-electron chi connectivity index (χ4n) is 4.06. The lowest BCUT2D eigenvalue weighted by molar-refractivity contribution is -0.136. The van der Waals surface area contributed by atoms with Gasteiger partial charge in [-0.1, -0.05) is 24.3 Å². The lowest BCUT2D eigenvalue weighted by Gasteiger charge is -2.11. The number of alkyl halides is 3. The third kappa shape index (κ3) is 4.02. The number of hydrogen-bond acceptors (Lipinski definition) is 5. The van der Waals surface area contributed by atoms with Crippen molar-refractivity contribution in [1.82, 2.24) is 24.7 Å². The number of hydrogen-bond donors (Lipinski definition) is 2. The molecule has 0 aliphatic carbocycles. The first-order valence-electron chi connectivity index (χ1n) is 10.6. The number of nitrogens with two attached hydrogens (primary N) is 1. The summed E-state index contributed by atoms with van der Waals surface area (Å²) in [4.78, 5) is 7.30. The van der Waals surface area contributed by atoms with Crippen molar-refractivity contribution in [3.63, 3.8) is 0 Å². The fraction of sp³-hybridized carbons (Fsp3) is 0.120. The maximum atomic E-state index is 13.7. The summed E-state index contributed by atoms with van der Waals surface area (Å²) in [6.07, 6.45) is -3.00. The summed E-state index contributed by atoms with van der Waals surface area (Å²) in [7, 11) is 1.80. The molecule has 0 bridgehead atoms. The highest BCUT2D eigenvalue weighted by atomic mass is 19.4. The number of rotatable bonds is 4. The number of H-pyrrole nitrogens is 1. The molecular weight excluding hydrogens is 455 g/mol. The highest BCUT2D eigenvalue weighted by molar-refractivity contribution is 5.86. The Bertz CT molecular complexity index is 1610. The van der Waals surface area contributed by atoms with E-state index in [9.17, 15) is 18.4 Å². The SMILES string of the molecule is Cn1cnnc1-c1cc(C#N)ccc1-c1cccc(-c2nc3c(C(F)(F)F)cc(CN)cc3[nH]2)c1. The number of benzene rings is 3. The van der Waals surface area contributed by atoms with Crippen LogP contribution in [-0.2, 0) is 19.8 Å².